The Hall–Kier alpha value is -3.39. The van der Waals surface area contributed by atoms with Crippen LogP contribution in [-0.4, -0.2) is 27.2 Å². The third kappa shape index (κ3) is 3.50. The highest BCUT2D eigenvalue weighted by molar-refractivity contribution is 5.94. The van der Waals surface area contributed by atoms with Gasteiger partial charge in [0, 0.05) is 42.5 Å². The Balaban J connectivity index is 2.04. The van der Waals surface area contributed by atoms with Gasteiger partial charge in [0.05, 0.1) is 11.3 Å². The highest BCUT2D eigenvalue weighted by Crippen LogP contribution is 2.16. The van der Waals surface area contributed by atoms with E-state index in [1.807, 2.05) is 37.4 Å². The predicted molar refractivity (Wildman–Crippen MR) is 91.8 cm³/mol. The molecule has 0 atom stereocenters. The molecule has 5 nitrogen and oxygen atoms in total. The molecule has 3 rings (SSSR count). The van der Waals surface area contributed by atoms with Crippen LogP contribution in [0.3, 0.4) is 0 Å². The number of hydrogen-bond donors (Lipinski definition) is 1. The molecule has 5 heteroatoms. The van der Waals surface area contributed by atoms with E-state index in [4.69, 9.17) is 0 Å². The molecule has 0 spiro atoms. The molecule has 24 heavy (non-hydrogen) atoms. The minimum atomic E-state index is -0.117. The van der Waals surface area contributed by atoms with Crippen LogP contribution in [0, 0.1) is 11.8 Å². The number of rotatable bonds is 3. The molecule has 3 aromatic rings. The Kier molecular flexibility index (Phi) is 4.68. The molecule has 1 aromatic carbocycles. The predicted octanol–water partition coefficient (Wildman–Crippen LogP) is 2.42. The normalized spacial score (nSPS) is 9.88. The number of aromatic nitrogens is 3. The van der Waals surface area contributed by atoms with E-state index in [0.717, 1.165) is 16.8 Å². The van der Waals surface area contributed by atoms with Crippen molar-refractivity contribution in [1.82, 2.24) is 20.1 Å². The number of hydrogen-bond acceptors (Lipinski definition) is 3. The molecule has 0 unspecified atom stereocenters. The second kappa shape index (κ2) is 7.25. The van der Waals surface area contributed by atoms with Crippen LogP contribution in [0.2, 0.25) is 0 Å². The molecule has 0 aliphatic carbocycles. The summed E-state index contributed by atoms with van der Waals surface area (Å²) in [4.78, 5) is 16.1. The number of pyridine rings is 1. The summed E-state index contributed by atoms with van der Waals surface area (Å²) in [5.41, 5.74) is 2.94. The molecule has 1 amide bonds. The second-order valence-corrected chi connectivity index (χ2v) is 5.03. The maximum atomic E-state index is 12.1. The lowest BCUT2D eigenvalue weighted by Crippen LogP contribution is -2.22. The molecule has 0 saturated heterocycles. The van der Waals surface area contributed by atoms with Crippen molar-refractivity contribution in [2.75, 3.05) is 6.54 Å². The first-order chi connectivity index (χ1) is 11.8. The summed E-state index contributed by atoms with van der Waals surface area (Å²) in [5.74, 6) is 6.08. The van der Waals surface area contributed by atoms with Gasteiger partial charge in [0.15, 0.2) is 0 Å². The molecular weight excluding hydrogens is 300 g/mol. The van der Waals surface area contributed by atoms with E-state index in [1.54, 1.807) is 35.4 Å². The zero-order valence-electron chi connectivity index (χ0n) is 13.2. The van der Waals surface area contributed by atoms with Gasteiger partial charge in [0.2, 0.25) is 0 Å². The second-order valence-electron chi connectivity index (χ2n) is 5.03. The van der Waals surface area contributed by atoms with Crippen LogP contribution in [0.5, 0.6) is 0 Å². The average molecular weight is 316 g/mol. The summed E-state index contributed by atoms with van der Waals surface area (Å²) in [7, 11) is 0. The van der Waals surface area contributed by atoms with Crippen molar-refractivity contribution in [3.8, 4) is 17.5 Å². The van der Waals surface area contributed by atoms with E-state index in [-0.39, 0.29) is 5.91 Å². The van der Waals surface area contributed by atoms with Crippen LogP contribution in [0.1, 0.15) is 28.4 Å². The van der Waals surface area contributed by atoms with Gasteiger partial charge in [0.25, 0.3) is 5.91 Å². The molecule has 0 aliphatic heterocycles. The number of nitrogens with zero attached hydrogens (tertiary/aromatic N) is 3. The van der Waals surface area contributed by atoms with E-state index in [2.05, 4.69) is 27.2 Å². The molecule has 118 valence electrons. The van der Waals surface area contributed by atoms with Gasteiger partial charge in [-0.1, -0.05) is 11.8 Å². The van der Waals surface area contributed by atoms with Crippen molar-refractivity contribution in [3.63, 3.8) is 0 Å². The SMILES string of the molecule is CCNC(=O)c1ccc(-n2cccn2)c(C#Cc2cccnc2)c1. The van der Waals surface area contributed by atoms with Crippen LogP contribution in [-0.2, 0) is 0 Å². The number of nitrogens with one attached hydrogen (secondary N) is 1. The fourth-order valence-electron chi connectivity index (χ4n) is 2.23. The van der Waals surface area contributed by atoms with Gasteiger partial charge in [-0.15, -0.1) is 0 Å². The first-order valence-corrected chi connectivity index (χ1v) is 7.62. The van der Waals surface area contributed by atoms with Crippen molar-refractivity contribution in [2.45, 2.75) is 6.92 Å². The van der Waals surface area contributed by atoms with Crippen LogP contribution < -0.4 is 5.32 Å². The number of benzene rings is 1. The van der Waals surface area contributed by atoms with Crippen LogP contribution in [0.15, 0.2) is 61.2 Å². The summed E-state index contributed by atoms with van der Waals surface area (Å²) < 4.78 is 1.73. The molecule has 0 aliphatic rings. The lowest BCUT2D eigenvalue weighted by atomic mass is 10.1. The van der Waals surface area contributed by atoms with Crippen LogP contribution in [0.4, 0.5) is 0 Å². The van der Waals surface area contributed by atoms with Gasteiger partial charge in [-0.2, -0.15) is 5.10 Å². The minimum Gasteiger partial charge on any atom is -0.352 e. The van der Waals surface area contributed by atoms with Gasteiger partial charge >= 0.3 is 0 Å². The molecule has 0 fully saturated rings. The van der Waals surface area contributed by atoms with Crippen molar-refractivity contribution >= 4 is 5.91 Å². The van der Waals surface area contributed by atoms with Crippen molar-refractivity contribution < 1.29 is 4.79 Å². The van der Waals surface area contributed by atoms with Gasteiger partial charge < -0.3 is 5.32 Å². The Morgan fingerprint density at radius 2 is 2.12 bits per heavy atom. The Morgan fingerprint density at radius 3 is 2.83 bits per heavy atom. The number of amides is 1. The molecule has 0 bridgehead atoms. The number of carbonyl (C=O) groups is 1. The lowest BCUT2D eigenvalue weighted by molar-refractivity contribution is 0.0956. The maximum absolute atomic E-state index is 12.1. The highest BCUT2D eigenvalue weighted by Gasteiger charge is 2.09. The van der Waals surface area contributed by atoms with Crippen molar-refractivity contribution in [3.05, 3.63) is 77.9 Å². The van der Waals surface area contributed by atoms with Gasteiger partial charge in [0.1, 0.15) is 0 Å². The fraction of sp³-hybridized carbons (Fsp3) is 0.105. The standard InChI is InChI=1S/C19H16N4O/c1-2-21-19(24)17-8-9-18(23-12-4-11-22-23)16(13-17)7-6-15-5-3-10-20-14-15/h3-5,8-14H,2H2,1H3,(H,21,24). The largest absolute Gasteiger partial charge is 0.352 e. The summed E-state index contributed by atoms with van der Waals surface area (Å²) in [6, 6.07) is 11.0. The van der Waals surface area contributed by atoms with Gasteiger partial charge in [-0.05, 0) is 43.3 Å². The molecule has 2 heterocycles. The zero-order valence-corrected chi connectivity index (χ0v) is 13.2. The van der Waals surface area contributed by atoms with E-state index < -0.39 is 0 Å². The Labute approximate surface area is 140 Å². The first-order valence-electron chi connectivity index (χ1n) is 7.62. The van der Waals surface area contributed by atoms with Crippen molar-refractivity contribution in [1.29, 1.82) is 0 Å². The highest BCUT2D eigenvalue weighted by atomic mass is 16.1. The van der Waals surface area contributed by atoms with E-state index in [1.165, 1.54) is 0 Å². The quantitative estimate of drug-likeness (QED) is 0.755. The van der Waals surface area contributed by atoms with Crippen LogP contribution in [0.25, 0.3) is 5.69 Å². The summed E-state index contributed by atoms with van der Waals surface area (Å²) >= 11 is 0. The maximum Gasteiger partial charge on any atom is 0.251 e. The molecule has 0 saturated carbocycles. The van der Waals surface area contributed by atoms with Gasteiger partial charge in [-0.25, -0.2) is 4.68 Å². The van der Waals surface area contributed by atoms with E-state index in [0.29, 0.717) is 12.1 Å². The monoisotopic (exact) mass is 316 g/mol. The molecule has 0 radical (unpaired) electrons. The average Bonchev–Trinajstić information content (AvgIpc) is 3.15. The molecule has 1 N–H and O–H groups in total. The minimum absolute atomic E-state index is 0.117. The van der Waals surface area contributed by atoms with Crippen molar-refractivity contribution in [2.24, 2.45) is 0 Å². The zero-order chi connectivity index (χ0) is 16.8. The van der Waals surface area contributed by atoms with E-state index in [9.17, 15) is 4.79 Å². The molecule has 2 aromatic heterocycles. The third-order valence-corrected chi connectivity index (χ3v) is 3.35. The Morgan fingerprint density at radius 1 is 1.21 bits per heavy atom. The first kappa shape index (κ1) is 15.5. The lowest BCUT2D eigenvalue weighted by Gasteiger charge is -2.08. The number of carbonyl (C=O) groups excluding carboxylic acids is 1. The van der Waals surface area contributed by atoms with Crippen LogP contribution >= 0.6 is 0 Å². The fourth-order valence-corrected chi connectivity index (χ4v) is 2.23. The van der Waals surface area contributed by atoms with E-state index >= 15 is 0 Å². The molecular formula is C19H16N4O. The topological polar surface area (TPSA) is 59.8 Å². The Bertz CT molecular complexity index is 890. The summed E-state index contributed by atoms with van der Waals surface area (Å²) in [5, 5.41) is 7.05. The summed E-state index contributed by atoms with van der Waals surface area (Å²) in [6.07, 6.45) is 6.96. The van der Waals surface area contributed by atoms with Gasteiger partial charge in [-0.3, -0.25) is 9.78 Å². The smallest absolute Gasteiger partial charge is 0.251 e. The summed E-state index contributed by atoms with van der Waals surface area (Å²) in [6.45, 7) is 2.47. The third-order valence-electron chi connectivity index (χ3n) is 3.35.